The Morgan fingerprint density at radius 1 is 1.21 bits per heavy atom. The highest BCUT2D eigenvalue weighted by molar-refractivity contribution is 7.89. The Balaban J connectivity index is 1.84. The molecule has 130 valence electrons. The van der Waals surface area contributed by atoms with Crippen molar-refractivity contribution in [3.05, 3.63) is 41.2 Å². The summed E-state index contributed by atoms with van der Waals surface area (Å²) in [6.45, 7) is 4.58. The van der Waals surface area contributed by atoms with Gasteiger partial charge in [-0.25, -0.2) is 8.42 Å². The zero-order valence-electron chi connectivity index (χ0n) is 14.5. The number of hydrogen-bond acceptors (Lipinski definition) is 4. The zero-order valence-corrected chi connectivity index (χ0v) is 15.3. The molecular formula is C17H23N3O3S. The highest BCUT2D eigenvalue weighted by Gasteiger charge is 2.36. The molecule has 1 aromatic carbocycles. The van der Waals surface area contributed by atoms with Gasteiger partial charge in [-0.1, -0.05) is 12.1 Å². The van der Waals surface area contributed by atoms with Gasteiger partial charge in [0.05, 0.1) is 18.5 Å². The van der Waals surface area contributed by atoms with Crippen LogP contribution in [-0.4, -0.2) is 42.7 Å². The predicted molar refractivity (Wildman–Crippen MR) is 91.8 cm³/mol. The summed E-state index contributed by atoms with van der Waals surface area (Å²) >= 11 is 0. The van der Waals surface area contributed by atoms with Crippen molar-refractivity contribution in [1.82, 2.24) is 14.1 Å². The first-order valence-corrected chi connectivity index (χ1v) is 9.43. The van der Waals surface area contributed by atoms with E-state index in [1.54, 1.807) is 37.0 Å². The molecule has 1 unspecified atom stereocenters. The molecule has 0 saturated carbocycles. The van der Waals surface area contributed by atoms with Gasteiger partial charge in [0, 0.05) is 20.1 Å². The van der Waals surface area contributed by atoms with Gasteiger partial charge in [0.2, 0.25) is 10.0 Å². The summed E-state index contributed by atoms with van der Waals surface area (Å²) in [6, 6.07) is 7.87. The Kier molecular flexibility index (Phi) is 4.40. The molecule has 0 aliphatic carbocycles. The van der Waals surface area contributed by atoms with Crippen molar-refractivity contribution in [3.63, 3.8) is 0 Å². The molecule has 1 aromatic heterocycles. The number of sulfonamides is 1. The third-order valence-electron chi connectivity index (χ3n) is 4.78. The average Bonchev–Trinajstić information content (AvgIpc) is 3.14. The lowest BCUT2D eigenvalue weighted by atomic mass is 9.99. The fourth-order valence-corrected chi connectivity index (χ4v) is 5.25. The number of ether oxygens (including phenoxy) is 1. The molecule has 6 nitrogen and oxygen atoms in total. The molecule has 0 radical (unpaired) electrons. The molecule has 0 spiro atoms. The first-order chi connectivity index (χ1) is 11.3. The minimum absolute atomic E-state index is 0.211. The third-order valence-corrected chi connectivity index (χ3v) is 6.90. The quantitative estimate of drug-likeness (QED) is 0.849. The van der Waals surface area contributed by atoms with Crippen molar-refractivity contribution in [3.8, 4) is 5.75 Å². The normalized spacial score (nSPS) is 18.9. The van der Waals surface area contributed by atoms with Gasteiger partial charge in [0.15, 0.2) is 0 Å². The van der Waals surface area contributed by atoms with Crippen LogP contribution in [0.15, 0.2) is 29.2 Å². The summed E-state index contributed by atoms with van der Waals surface area (Å²) in [4.78, 5) is 0.348. The first kappa shape index (κ1) is 17.0. The van der Waals surface area contributed by atoms with Gasteiger partial charge >= 0.3 is 0 Å². The number of rotatable bonds is 4. The summed E-state index contributed by atoms with van der Waals surface area (Å²) in [7, 11) is -0.102. The van der Waals surface area contributed by atoms with Crippen LogP contribution in [0.2, 0.25) is 0 Å². The topological polar surface area (TPSA) is 64.4 Å². The molecule has 1 fully saturated rings. The Morgan fingerprint density at radius 3 is 2.42 bits per heavy atom. The number of methoxy groups -OCH3 is 1. The summed E-state index contributed by atoms with van der Waals surface area (Å²) in [5.74, 6) is 1.02. The Morgan fingerprint density at radius 2 is 1.88 bits per heavy atom. The predicted octanol–water partition coefficient (Wildman–Crippen LogP) is 2.22. The van der Waals surface area contributed by atoms with E-state index >= 15 is 0 Å². The monoisotopic (exact) mass is 349 g/mol. The second-order valence-corrected chi connectivity index (χ2v) is 8.12. The van der Waals surface area contributed by atoms with E-state index in [0.717, 1.165) is 17.7 Å². The van der Waals surface area contributed by atoms with E-state index in [4.69, 9.17) is 4.74 Å². The van der Waals surface area contributed by atoms with Crippen LogP contribution >= 0.6 is 0 Å². The van der Waals surface area contributed by atoms with Gasteiger partial charge in [-0.15, -0.1) is 0 Å². The van der Waals surface area contributed by atoms with Gasteiger partial charge in [-0.2, -0.15) is 9.40 Å². The molecule has 24 heavy (non-hydrogen) atoms. The molecular weight excluding hydrogens is 326 g/mol. The number of aryl methyl sites for hydroxylation is 2. The Labute approximate surface area is 143 Å². The molecule has 0 N–H and O–H groups in total. The van der Waals surface area contributed by atoms with Crippen molar-refractivity contribution in [2.75, 3.05) is 20.2 Å². The molecule has 0 amide bonds. The van der Waals surface area contributed by atoms with E-state index in [0.29, 0.717) is 29.4 Å². The largest absolute Gasteiger partial charge is 0.497 e. The zero-order chi connectivity index (χ0) is 17.5. The van der Waals surface area contributed by atoms with Crippen LogP contribution in [0.1, 0.15) is 29.3 Å². The molecule has 2 aromatic rings. The fourth-order valence-electron chi connectivity index (χ4n) is 3.35. The summed E-state index contributed by atoms with van der Waals surface area (Å²) in [6.07, 6.45) is 0.823. The maximum absolute atomic E-state index is 13.0. The van der Waals surface area contributed by atoms with Crippen molar-refractivity contribution in [2.24, 2.45) is 7.05 Å². The Hall–Kier alpha value is -1.86. The number of hydrogen-bond donors (Lipinski definition) is 0. The van der Waals surface area contributed by atoms with Crippen LogP contribution in [-0.2, 0) is 17.1 Å². The standard InChI is InChI=1S/C17H23N3O3S/c1-12-17(13(2)19(3)18-12)24(21,22)20-10-9-15(11-20)14-5-7-16(23-4)8-6-14/h5-8,15H,9-11H2,1-4H3. The smallest absolute Gasteiger partial charge is 0.246 e. The van der Waals surface area contributed by atoms with E-state index < -0.39 is 10.0 Å². The van der Waals surface area contributed by atoms with Crippen LogP contribution in [0.3, 0.4) is 0 Å². The van der Waals surface area contributed by atoms with E-state index in [1.807, 2.05) is 24.3 Å². The fraction of sp³-hybridized carbons (Fsp3) is 0.471. The highest BCUT2D eigenvalue weighted by Crippen LogP contribution is 2.33. The SMILES string of the molecule is COc1ccc(C2CCN(S(=O)(=O)c3c(C)nn(C)c3C)C2)cc1. The minimum Gasteiger partial charge on any atom is -0.497 e. The van der Waals surface area contributed by atoms with Crippen LogP contribution in [0.25, 0.3) is 0 Å². The van der Waals surface area contributed by atoms with Crippen molar-refractivity contribution < 1.29 is 13.2 Å². The number of benzene rings is 1. The van der Waals surface area contributed by atoms with Gasteiger partial charge in [0.25, 0.3) is 0 Å². The Bertz CT molecular complexity index is 841. The average molecular weight is 349 g/mol. The van der Waals surface area contributed by atoms with E-state index in [9.17, 15) is 8.42 Å². The molecule has 1 aliphatic heterocycles. The maximum Gasteiger partial charge on any atom is 0.246 e. The molecule has 1 aliphatic rings. The van der Waals surface area contributed by atoms with Crippen molar-refractivity contribution in [1.29, 1.82) is 0 Å². The second-order valence-electron chi connectivity index (χ2n) is 6.25. The number of nitrogens with zero attached hydrogens (tertiary/aromatic N) is 3. The molecule has 2 heterocycles. The van der Waals surface area contributed by atoms with E-state index in [1.165, 1.54) is 0 Å². The lowest BCUT2D eigenvalue weighted by Gasteiger charge is -2.17. The van der Waals surface area contributed by atoms with Gasteiger partial charge in [-0.05, 0) is 43.9 Å². The van der Waals surface area contributed by atoms with Gasteiger partial charge in [0.1, 0.15) is 10.6 Å². The van der Waals surface area contributed by atoms with E-state index in [-0.39, 0.29) is 5.92 Å². The van der Waals surface area contributed by atoms with Gasteiger partial charge < -0.3 is 4.74 Å². The summed E-state index contributed by atoms with van der Waals surface area (Å²) in [5.41, 5.74) is 2.39. The summed E-state index contributed by atoms with van der Waals surface area (Å²) < 4.78 is 34.4. The molecule has 1 atom stereocenters. The summed E-state index contributed by atoms with van der Waals surface area (Å²) in [5, 5.41) is 4.24. The first-order valence-electron chi connectivity index (χ1n) is 7.99. The van der Waals surface area contributed by atoms with E-state index in [2.05, 4.69) is 5.10 Å². The lowest BCUT2D eigenvalue weighted by Crippen LogP contribution is -2.29. The van der Waals surface area contributed by atoms with Crippen LogP contribution in [0, 0.1) is 13.8 Å². The third kappa shape index (κ3) is 2.82. The van der Waals surface area contributed by atoms with Crippen LogP contribution < -0.4 is 4.74 Å². The molecule has 7 heteroatoms. The van der Waals surface area contributed by atoms with Crippen molar-refractivity contribution in [2.45, 2.75) is 31.1 Å². The maximum atomic E-state index is 13.0. The molecule has 3 rings (SSSR count). The van der Waals surface area contributed by atoms with Gasteiger partial charge in [-0.3, -0.25) is 4.68 Å². The minimum atomic E-state index is -3.51. The van der Waals surface area contributed by atoms with Crippen LogP contribution in [0.4, 0.5) is 0 Å². The molecule has 0 bridgehead atoms. The number of aromatic nitrogens is 2. The molecule has 1 saturated heterocycles. The lowest BCUT2D eigenvalue weighted by molar-refractivity contribution is 0.414. The van der Waals surface area contributed by atoms with Crippen molar-refractivity contribution >= 4 is 10.0 Å². The second kappa shape index (κ2) is 6.22. The highest BCUT2D eigenvalue weighted by atomic mass is 32.2. The van der Waals surface area contributed by atoms with Crippen LogP contribution in [0.5, 0.6) is 5.75 Å².